The molecule has 4 amide bonds. The predicted molar refractivity (Wildman–Crippen MR) is 71.6 cm³/mol. The fourth-order valence-electron chi connectivity index (χ4n) is 2.20. The molecule has 0 unspecified atom stereocenters. The summed E-state index contributed by atoms with van der Waals surface area (Å²) < 4.78 is 10.7. The summed E-state index contributed by atoms with van der Waals surface area (Å²) in [6, 6.07) is 3.80. The Morgan fingerprint density at radius 3 is 2.41 bits per heavy atom. The van der Waals surface area contributed by atoms with Crippen LogP contribution in [-0.2, 0) is 9.59 Å². The van der Waals surface area contributed by atoms with Crippen molar-refractivity contribution in [2.45, 2.75) is 0 Å². The van der Waals surface area contributed by atoms with Crippen LogP contribution in [0.15, 0.2) is 18.2 Å². The second kappa shape index (κ2) is 5.14. The van der Waals surface area contributed by atoms with E-state index in [0.717, 1.165) is 0 Å². The third-order valence-electron chi connectivity index (χ3n) is 3.42. The van der Waals surface area contributed by atoms with Crippen molar-refractivity contribution in [3.05, 3.63) is 23.8 Å². The maximum atomic E-state index is 12.2. The number of imide groups is 2. The molecular formula is C14H12N2O6. The number of ether oxygens (including phenoxy) is 2. The van der Waals surface area contributed by atoms with Crippen LogP contribution in [0.3, 0.4) is 0 Å². The van der Waals surface area contributed by atoms with Crippen molar-refractivity contribution in [1.82, 2.24) is 9.80 Å². The van der Waals surface area contributed by atoms with E-state index in [1.807, 2.05) is 0 Å². The number of rotatable bonds is 3. The maximum absolute atomic E-state index is 12.2. The summed E-state index contributed by atoms with van der Waals surface area (Å²) in [5.41, 5.74) is 0.270. The molecule has 1 saturated heterocycles. The molecule has 0 atom stereocenters. The summed E-state index contributed by atoms with van der Waals surface area (Å²) in [6.07, 6.45) is 0. The van der Waals surface area contributed by atoms with Gasteiger partial charge in [0.2, 0.25) is 0 Å². The lowest BCUT2D eigenvalue weighted by Crippen LogP contribution is -2.36. The molecule has 0 saturated carbocycles. The zero-order chi connectivity index (χ0) is 15.9. The number of likely N-dealkylation sites (N-methyl/N-ethyl adjacent to an activating group) is 1. The lowest BCUT2D eigenvalue weighted by molar-refractivity contribution is -0.142. The molecule has 0 N–H and O–H groups in total. The van der Waals surface area contributed by atoms with Crippen LogP contribution in [-0.4, -0.2) is 60.2 Å². The van der Waals surface area contributed by atoms with Crippen molar-refractivity contribution in [3.63, 3.8) is 0 Å². The monoisotopic (exact) mass is 304 g/mol. The van der Waals surface area contributed by atoms with Crippen LogP contribution in [0.4, 0.5) is 4.79 Å². The Morgan fingerprint density at radius 1 is 1.09 bits per heavy atom. The van der Waals surface area contributed by atoms with E-state index in [-0.39, 0.29) is 5.56 Å². The van der Waals surface area contributed by atoms with E-state index in [0.29, 0.717) is 34.5 Å². The largest absolute Gasteiger partial charge is 0.486 e. The SMILES string of the molecule is CN1C(=O)C(=O)N(CC(=O)c2ccc3c(c2)OCCO3)C1=O. The number of hydrogen-bond acceptors (Lipinski definition) is 6. The summed E-state index contributed by atoms with van der Waals surface area (Å²) in [7, 11) is 1.19. The van der Waals surface area contributed by atoms with E-state index in [1.54, 1.807) is 6.07 Å². The van der Waals surface area contributed by atoms with Crippen molar-refractivity contribution in [3.8, 4) is 11.5 Å². The van der Waals surface area contributed by atoms with Crippen molar-refractivity contribution in [1.29, 1.82) is 0 Å². The Hall–Kier alpha value is -2.90. The number of carbonyl (C=O) groups is 4. The molecule has 2 aliphatic heterocycles. The highest BCUT2D eigenvalue weighted by molar-refractivity contribution is 6.45. The Bertz CT molecular complexity index is 699. The zero-order valence-corrected chi connectivity index (χ0v) is 11.7. The highest BCUT2D eigenvalue weighted by atomic mass is 16.6. The highest BCUT2D eigenvalue weighted by Gasteiger charge is 2.43. The Kier molecular flexibility index (Phi) is 3.28. The van der Waals surface area contributed by atoms with Gasteiger partial charge in [-0.3, -0.25) is 19.3 Å². The van der Waals surface area contributed by atoms with E-state index in [9.17, 15) is 19.2 Å². The molecule has 3 rings (SSSR count). The lowest BCUT2D eigenvalue weighted by Gasteiger charge is -2.19. The van der Waals surface area contributed by atoms with E-state index in [1.165, 1.54) is 19.2 Å². The Morgan fingerprint density at radius 2 is 1.77 bits per heavy atom. The minimum Gasteiger partial charge on any atom is -0.486 e. The molecular weight excluding hydrogens is 292 g/mol. The topological polar surface area (TPSA) is 93.2 Å². The smallest absolute Gasteiger partial charge is 0.334 e. The summed E-state index contributed by atoms with van der Waals surface area (Å²) >= 11 is 0. The van der Waals surface area contributed by atoms with Crippen LogP contribution in [0.1, 0.15) is 10.4 Å². The number of benzene rings is 1. The number of urea groups is 1. The van der Waals surface area contributed by atoms with Crippen LogP contribution in [0, 0.1) is 0 Å². The first-order chi connectivity index (χ1) is 10.5. The van der Waals surface area contributed by atoms with Gasteiger partial charge in [-0.2, -0.15) is 0 Å². The number of carbonyl (C=O) groups excluding carboxylic acids is 4. The number of hydrogen-bond donors (Lipinski definition) is 0. The number of Topliss-reactive ketones (excluding diaryl/α,β-unsaturated/α-hetero) is 1. The first kappa shape index (κ1) is 14.1. The quantitative estimate of drug-likeness (QED) is 0.445. The van der Waals surface area contributed by atoms with Crippen LogP contribution in [0.5, 0.6) is 11.5 Å². The van der Waals surface area contributed by atoms with Crippen LogP contribution in [0.2, 0.25) is 0 Å². The van der Waals surface area contributed by atoms with Crippen molar-refractivity contribution >= 4 is 23.6 Å². The van der Waals surface area contributed by atoms with Crippen LogP contribution >= 0.6 is 0 Å². The number of fused-ring (bicyclic) bond motifs is 1. The molecule has 0 spiro atoms. The molecule has 2 aliphatic rings. The van der Waals surface area contributed by atoms with Gasteiger partial charge < -0.3 is 9.47 Å². The first-order valence-corrected chi connectivity index (χ1v) is 6.55. The normalized spacial score (nSPS) is 17.2. The van der Waals surface area contributed by atoms with Crippen molar-refractivity contribution in [2.75, 3.05) is 26.8 Å². The van der Waals surface area contributed by atoms with Gasteiger partial charge in [-0.25, -0.2) is 9.69 Å². The molecule has 114 valence electrons. The predicted octanol–water partition coefficient (Wildman–Crippen LogP) is 0.0611. The minimum absolute atomic E-state index is 0.270. The summed E-state index contributed by atoms with van der Waals surface area (Å²) in [4.78, 5) is 48.3. The molecule has 0 aliphatic carbocycles. The molecule has 0 aromatic heterocycles. The lowest BCUT2D eigenvalue weighted by atomic mass is 10.1. The van der Waals surface area contributed by atoms with Crippen molar-refractivity contribution < 1.29 is 28.7 Å². The summed E-state index contributed by atoms with van der Waals surface area (Å²) in [5, 5.41) is 0. The number of amides is 4. The zero-order valence-electron chi connectivity index (χ0n) is 11.7. The summed E-state index contributed by atoms with van der Waals surface area (Å²) in [6.45, 7) is 0.325. The van der Waals surface area contributed by atoms with Gasteiger partial charge >= 0.3 is 17.8 Å². The molecule has 8 heteroatoms. The Labute approximate surface area is 125 Å². The van der Waals surface area contributed by atoms with E-state index >= 15 is 0 Å². The number of ketones is 1. The van der Waals surface area contributed by atoms with E-state index < -0.39 is 30.2 Å². The van der Waals surface area contributed by atoms with Gasteiger partial charge in [-0.1, -0.05) is 0 Å². The van der Waals surface area contributed by atoms with Gasteiger partial charge in [0, 0.05) is 12.6 Å². The molecule has 1 aromatic rings. The van der Waals surface area contributed by atoms with Gasteiger partial charge in [-0.15, -0.1) is 0 Å². The van der Waals surface area contributed by atoms with Gasteiger partial charge in [0.05, 0.1) is 6.54 Å². The van der Waals surface area contributed by atoms with E-state index in [4.69, 9.17) is 9.47 Å². The van der Waals surface area contributed by atoms with E-state index in [2.05, 4.69) is 0 Å². The van der Waals surface area contributed by atoms with Crippen LogP contribution < -0.4 is 9.47 Å². The molecule has 0 radical (unpaired) electrons. The fraction of sp³-hybridized carbons (Fsp3) is 0.286. The Balaban J connectivity index is 1.79. The second-order valence-corrected chi connectivity index (χ2v) is 4.82. The first-order valence-electron chi connectivity index (χ1n) is 6.55. The molecule has 22 heavy (non-hydrogen) atoms. The molecule has 2 heterocycles. The third kappa shape index (κ3) is 2.18. The molecule has 1 fully saturated rings. The standard InChI is InChI=1S/C14H12N2O6/c1-15-12(18)13(19)16(14(15)20)7-9(17)8-2-3-10-11(6-8)22-5-4-21-10/h2-3,6H,4-5,7H2,1H3. The van der Waals surface area contributed by atoms with Gasteiger partial charge in [0.1, 0.15) is 13.2 Å². The number of nitrogens with zero attached hydrogens (tertiary/aromatic N) is 2. The molecule has 0 bridgehead atoms. The average molecular weight is 304 g/mol. The van der Waals surface area contributed by atoms with Crippen LogP contribution in [0.25, 0.3) is 0 Å². The maximum Gasteiger partial charge on any atom is 0.334 e. The molecule has 1 aromatic carbocycles. The minimum atomic E-state index is -1.00. The van der Waals surface area contributed by atoms with Gasteiger partial charge in [0.15, 0.2) is 17.3 Å². The fourth-order valence-corrected chi connectivity index (χ4v) is 2.20. The average Bonchev–Trinajstić information content (AvgIpc) is 2.72. The molecule has 8 nitrogen and oxygen atoms in total. The van der Waals surface area contributed by atoms with Gasteiger partial charge in [-0.05, 0) is 18.2 Å². The van der Waals surface area contributed by atoms with Gasteiger partial charge in [0.25, 0.3) is 0 Å². The van der Waals surface area contributed by atoms with Crippen molar-refractivity contribution in [2.24, 2.45) is 0 Å². The second-order valence-electron chi connectivity index (χ2n) is 4.82. The highest BCUT2D eigenvalue weighted by Crippen LogP contribution is 2.31. The third-order valence-corrected chi connectivity index (χ3v) is 3.42. The summed E-state index contributed by atoms with van der Waals surface area (Å²) in [5.74, 6) is -1.45.